The molecule has 0 bridgehead atoms. The quantitative estimate of drug-likeness (QED) is 0.748. The molecular formula is C16H25N3O. The molecule has 0 spiro atoms. The van der Waals surface area contributed by atoms with Crippen molar-refractivity contribution < 1.29 is 4.79 Å². The van der Waals surface area contributed by atoms with Gasteiger partial charge in [-0.3, -0.25) is 4.79 Å². The molecule has 0 radical (unpaired) electrons. The average Bonchev–Trinajstić information content (AvgIpc) is 2.98. The molecule has 20 heavy (non-hydrogen) atoms. The fourth-order valence-corrected chi connectivity index (χ4v) is 2.77. The lowest BCUT2D eigenvalue weighted by atomic mass is 10.2. The fraction of sp³-hybridized carbons (Fsp3) is 0.625. The summed E-state index contributed by atoms with van der Waals surface area (Å²) in [4.78, 5) is 20.2. The summed E-state index contributed by atoms with van der Waals surface area (Å²) in [5.74, 6) is 0.988. The van der Waals surface area contributed by atoms with Crippen molar-refractivity contribution in [3.63, 3.8) is 0 Å². The first-order valence-electron chi connectivity index (χ1n) is 7.46. The first kappa shape index (κ1) is 15.0. The molecule has 0 N–H and O–H groups in total. The zero-order valence-corrected chi connectivity index (χ0v) is 12.8. The molecule has 1 aliphatic carbocycles. The highest BCUT2D eigenvalue weighted by Crippen LogP contribution is 2.22. The summed E-state index contributed by atoms with van der Waals surface area (Å²) in [5.41, 5.74) is 0.672. The van der Waals surface area contributed by atoms with Gasteiger partial charge in [-0.2, -0.15) is 0 Å². The van der Waals surface area contributed by atoms with Gasteiger partial charge in [-0.1, -0.05) is 12.8 Å². The molecule has 1 aromatic heterocycles. The van der Waals surface area contributed by atoms with E-state index in [1.54, 1.807) is 13.1 Å². The van der Waals surface area contributed by atoms with Crippen molar-refractivity contribution in [2.75, 3.05) is 32.1 Å². The Morgan fingerprint density at radius 3 is 2.50 bits per heavy atom. The number of ketones is 1. The van der Waals surface area contributed by atoms with Gasteiger partial charge >= 0.3 is 0 Å². The zero-order chi connectivity index (χ0) is 14.5. The predicted molar refractivity (Wildman–Crippen MR) is 82.4 cm³/mol. The van der Waals surface area contributed by atoms with Crippen LogP contribution in [0.4, 0.5) is 5.82 Å². The first-order valence-corrected chi connectivity index (χ1v) is 7.46. The van der Waals surface area contributed by atoms with Crippen molar-refractivity contribution in [2.45, 2.75) is 38.6 Å². The number of aromatic nitrogens is 1. The molecule has 4 nitrogen and oxygen atoms in total. The molecule has 0 amide bonds. The van der Waals surface area contributed by atoms with Gasteiger partial charge in [0.1, 0.15) is 5.82 Å². The van der Waals surface area contributed by atoms with Crippen LogP contribution in [0.5, 0.6) is 0 Å². The molecule has 0 aliphatic heterocycles. The van der Waals surface area contributed by atoms with Gasteiger partial charge < -0.3 is 9.80 Å². The maximum atomic E-state index is 11.2. The molecule has 0 aromatic carbocycles. The Bertz CT molecular complexity index is 438. The number of carbonyl (C=O) groups is 1. The largest absolute Gasteiger partial charge is 0.358 e. The third kappa shape index (κ3) is 3.79. The van der Waals surface area contributed by atoms with Crippen molar-refractivity contribution in [3.05, 3.63) is 23.9 Å². The van der Waals surface area contributed by atoms with Gasteiger partial charge in [0.25, 0.3) is 0 Å². The number of hydrogen-bond donors (Lipinski definition) is 0. The Morgan fingerprint density at radius 1 is 1.25 bits per heavy atom. The second-order valence-electron chi connectivity index (χ2n) is 5.80. The summed E-state index contributed by atoms with van der Waals surface area (Å²) in [6.07, 6.45) is 7.09. The topological polar surface area (TPSA) is 36.4 Å². The molecular weight excluding hydrogens is 250 g/mol. The lowest BCUT2D eigenvalue weighted by Crippen LogP contribution is -2.36. The highest BCUT2D eigenvalue weighted by atomic mass is 16.1. The molecule has 2 rings (SSSR count). The predicted octanol–water partition coefficient (Wildman–Crippen LogP) is 2.59. The monoisotopic (exact) mass is 275 g/mol. The lowest BCUT2D eigenvalue weighted by Gasteiger charge is -2.27. The molecule has 0 saturated heterocycles. The van der Waals surface area contributed by atoms with E-state index < -0.39 is 0 Å². The summed E-state index contributed by atoms with van der Waals surface area (Å²) in [6.45, 7) is 3.58. The first-order chi connectivity index (χ1) is 9.58. The summed E-state index contributed by atoms with van der Waals surface area (Å²) in [7, 11) is 4.27. The summed E-state index contributed by atoms with van der Waals surface area (Å²) in [5, 5.41) is 0. The standard InChI is InChI=1S/C16H25N3O/c1-13(20)14-8-9-16(17-12-14)19(3)11-10-18(2)15-6-4-5-7-15/h8-9,12,15H,4-7,10-11H2,1-3H3. The number of carbonyl (C=O) groups excluding carboxylic acids is 1. The minimum absolute atomic E-state index is 0.0627. The second-order valence-corrected chi connectivity index (χ2v) is 5.80. The van der Waals surface area contributed by atoms with Gasteiger partial charge in [0.2, 0.25) is 0 Å². The van der Waals surface area contributed by atoms with E-state index in [-0.39, 0.29) is 5.78 Å². The van der Waals surface area contributed by atoms with Crippen LogP contribution in [0.2, 0.25) is 0 Å². The van der Waals surface area contributed by atoms with Crippen molar-refractivity contribution in [2.24, 2.45) is 0 Å². The van der Waals surface area contributed by atoms with Crippen LogP contribution in [0.25, 0.3) is 0 Å². The van der Waals surface area contributed by atoms with E-state index in [1.807, 2.05) is 12.1 Å². The summed E-state index contributed by atoms with van der Waals surface area (Å²) in [6, 6.07) is 4.53. The van der Waals surface area contributed by atoms with Crippen molar-refractivity contribution >= 4 is 11.6 Å². The van der Waals surface area contributed by atoms with Gasteiger partial charge in [-0.05, 0) is 38.9 Å². The average molecular weight is 275 g/mol. The molecule has 0 unspecified atom stereocenters. The van der Waals surface area contributed by atoms with Gasteiger partial charge in [0.05, 0.1) is 0 Å². The molecule has 4 heteroatoms. The number of pyridine rings is 1. The maximum Gasteiger partial charge on any atom is 0.161 e. The smallest absolute Gasteiger partial charge is 0.161 e. The normalized spacial score (nSPS) is 15.8. The molecule has 110 valence electrons. The van der Waals surface area contributed by atoms with Crippen molar-refractivity contribution in [1.82, 2.24) is 9.88 Å². The van der Waals surface area contributed by atoms with Crippen molar-refractivity contribution in [3.8, 4) is 0 Å². The van der Waals surface area contributed by atoms with Crippen LogP contribution in [-0.4, -0.2) is 48.9 Å². The fourth-order valence-electron chi connectivity index (χ4n) is 2.77. The number of hydrogen-bond acceptors (Lipinski definition) is 4. The van der Waals surface area contributed by atoms with E-state index >= 15 is 0 Å². The van der Waals surface area contributed by atoms with E-state index in [1.165, 1.54) is 25.7 Å². The number of anilines is 1. The Balaban J connectivity index is 1.84. The van der Waals surface area contributed by atoms with E-state index in [4.69, 9.17) is 0 Å². The molecule has 1 aromatic rings. The molecule has 1 aliphatic rings. The minimum Gasteiger partial charge on any atom is -0.358 e. The molecule has 1 heterocycles. The number of rotatable bonds is 6. The Hall–Kier alpha value is -1.42. The highest BCUT2D eigenvalue weighted by Gasteiger charge is 2.19. The van der Waals surface area contributed by atoms with Crippen LogP contribution >= 0.6 is 0 Å². The van der Waals surface area contributed by atoms with Gasteiger partial charge in [0, 0.05) is 37.9 Å². The Morgan fingerprint density at radius 2 is 1.95 bits per heavy atom. The second kappa shape index (κ2) is 6.84. The lowest BCUT2D eigenvalue weighted by molar-refractivity contribution is 0.101. The molecule has 1 fully saturated rings. The van der Waals surface area contributed by atoms with Crippen LogP contribution in [0.15, 0.2) is 18.3 Å². The summed E-state index contributed by atoms with van der Waals surface area (Å²) >= 11 is 0. The van der Waals surface area contributed by atoms with Crippen LogP contribution in [0, 0.1) is 0 Å². The van der Waals surface area contributed by atoms with E-state index in [0.717, 1.165) is 24.9 Å². The van der Waals surface area contributed by atoms with E-state index in [0.29, 0.717) is 5.56 Å². The van der Waals surface area contributed by atoms with Crippen LogP contribution in [-0.2, 0) is 0 Å². The summed E-state index contributed by atoms with van der Waals surface area (Å²) < 4.78 is 0. The zero-order valence-electron chi connectivity index (χ0n) is 12.8. The third-order valence-electron chi connectivity index (χ3n) is 4.28. The van der Waals surface area contributed by atoms with Gasteiger partial charge in [-0.25, -0.2) is 4.98 Å². The molecule has 0 atom stereocenters. The molecule has 1 saturated carbocycles. The minimum atomic E-state index is 0.0627. The van der Waals surface area contributed by atoms with E-state index in [2.05, 4.69) is 28.9 Å². The third-order valence-corrected chi connectivity index (χ3v) is 4.28. The highest BCUT2D eigenvalue weighted by molar-refractivity contribution is 5.93. The van der Waals surface area contributed by atoms with Gasteiger partial charge in [0.15, 0.2) is 5.78 Å². The number of likely N-dealkylation sites (N-methyl/N-ethyl adjacent to an activating group) is 2. The maximum absolute atomic E-state index is 11.2. The Kier molecular flexibility index (Phi) is 5.12. The van der Waals surface area contributed by atoms with Crippen molar-refractivity contribution in [1.29, 1.82) is 0 Å². The van der Waals surface area contributed by atoms with Crippen LogP contribution in [0.3, 0.4) is 0 Å². The SMILES string of the molecule is CC(=O)c1ccc(N(C)CCN(C)C2CCCC2)nc1. The Labute approximate surface area is 121 Å². The van der Waals surface area contributed by atoms with Crippen LogP contribution < -0.4 is 4.90 Å². The van der Waals surface area contributed by atoms with Crippen LogP contribution in [0.1, 0.15) is 43.0 Å². The number of nitrogens with zero attached hydrogens (tertiary/aromatic N) is 3. The van der Waals surface area contributed by atoms with E-state index in [9.17, 15) is 4.79 Å². The number of Topliss-reactive ketones (excluding diaryl/α,β-unsaturated/α-hetero) is 1. The van der Waals surface area contributed by atoms with Gasteiger partial charge in [-0.15, -0.1) is 0 Å².